The van der Waals surface area contributed by atoms with Gasteiger partial charge in [-0.3, -0.25) is 10.1 Å². The first-order valence-corrected chi connectivity index (χ1v) is 6.32. The van der Waals surface area contributed by atoms with Crippen LogP contribution in [0.15, 0.2) is 53.3 Å². The summed E-state index contributed by atoms with van der Waals surface area (Å²) < 4.78 is 2.87. The zero-order valence-corrected chi connectivity index (χ0v) is 14.0. The van der Waals surface area contributed by atoms with Crippen LogP contribution in [0.1, 0.15) is 0 Å². The standard InChI is InChI=1S/C13H8BrN3O2.HI/c14-10-3-6-13-15-12(8-16(13)7-10)9-1-4-11(5-2-9)17(18)19;/h1-8H;1H. The van der Waals surface area contributed by atoms with Gasteiger partial charge in [0.2, 0.25) is 0 Å². The first-order valence-electron chi connectivity index (χ1n) is 5.52. The smallest absolute Gasteiger partial charge is 0.269 e. The molecule has 0 unspecified atom stereocenters. The molecule has 0 radical (unpaired) electrons. The van der Waals surface area contributed by atoms with E-state index in [0.717, 1.165) is 21.4 Å². The van der Waals surface area contributed by atoms with E-state index < -0.39 is 4.92 Å². The van der Waals surface area contributed by atoms with Crippen LogP contribution in [-0.4, -0.2) is 14.3 Å². The van der Waals surface area contributed by atoms with Crippen molar-refractivity contribution < 1.29 is 4.92 Å². The van der Waals surface area contributed by atoms with Gasteiger partial charge in [-0.15, -0.1) is 24.0 Å². The predicted molar refractivity (Wildman–Crippen MR) is 90.4 cm³/mol. The van der Waals surface area contributed by atoms with Crippen LogP contribution in [0.5, 0.6) is 0 Å². The molecule has 1 aromatic carbocycles. The molecule has 0 amide bonds. The van der Waals surface area contributed by atoms with Crippen LogP contribution < -0.4 is 0 Å². The van der Waals surface area contributed by atoms with Crippen molar-refractivity contribution in [2.45, 2.75) is 0 Å². The summed E-state index contributed by atoms with van der Waals surface area (Å²) in [4.78, 5) is 14.7. The Morgan fingerprint density at radius 1 is 1.10 bits per heavy atom. The first-order chi connectivity index (χ1) is 9.13. The maximum absolute atomic E-state index is 10.6. The summed E-state index contributed by atoms with van der Waals surface area (Å²) in [6.07, 6.45) is 3.80. The highest BCUT2D eigenvalue weighted by Gasteiger charge is 2.08. The van der Waals surface area contributed by atoms with E-state index >= 15 is 0 Å². The minimum Gasteiger partial charge on any atom is -0.305 e. The van der Waals surface area contributed by atoms with Crippen molar-refractivity contribution in [2.75, 3.05) is 0 Å². The van der Waals surface area contributed by atoms with Gasteiger partial charge in [0.25, 0.3) is 5.69 Å². The van der Waals surface area contributed by atoms with Gasteiger partial charge in [-0.2, -0.15) is 0 Å². The van der Waals surface area contributed by atoms with Crippen LogP contribution in [0.3, 0.4) is 0 Å². The number of nitrogens with zero attached hydrogens (tertiary/aromatic N) is 3. The second kappa shape index (κ2) is 5.88. The van der Waals surface area contributed by atoms with Gasteiger partial charge in [-0.05, 0) is 40.2 Å². The number of rotatable bonds is 2. The molecule has 0 N–H and O–H groups in total. The maximum atomic E-state index is 10.6. The minimum absolute atomic E-state index is 0. The lowest BCUT2D eigenvalue weighted by molar-refractivity contribution is -0.384. The van der Waals surface area contributed by atoms with Crippen LogP contribution in [0.4, 0.5) is 5.69 Å². The quantitative estimate of drug-likeness (QED) is 0.336. The summed E-state index contributed by atoms with van der Waals surface area (Å²) in [6.45, 7) is 0. The van der Waals surface area contributed by atoms with E-state index in [9.17, 15) is 10.1 Å². The SMILES string of the molecule is I.O=[N+]([O-])c1ccc(-c2cn3cc(Br)ccc3n2)cc1. The molecule has 0 bridgehead atoms. The third kappa shape index (κ3) is 2.83. The number of imidazole rings is 1. The lowest BCUT2D eigenvalue weighted by Crippen LogP contribution is -1.87. The third-order valence-electron chi connectivity index (χ3n) is 2.79. The van der Waals surface area contributed by atoms with E-state index in [4.69, 9.17) is 0 Å². The van der Waals surface area contributed by atoms with E-state index in [-0.39, 0.29) is 29.7 Å². The Labute approximate surface area is 139 Å². The van der Waals surface area contributed by atoms with Crippen molar-refractivity contribution in [3.05, 3.63) is 63.4 Å². The molecule has 5 nitrogen and oxygen atoms in total. The molecule has 0 spiro atoms. The van der Waals surface area contributed by atoms with E-state index in [1.54, 1.807) is 12.1 Å². The van der Waals surface area contributed by atoms with E-state index in [0.29, 0.717) is 0 Å². The lowest BCUT2D eigenvalue weighted by Gasteiger charge is -1.95. The van der Waals surface area contributed by atoms with Gasteiger partial charge in [0.1, 0.15) is 5.65 Å². The van der Waals surface area contributed by atoms with Crippen molar-refractivity contribution in [1.82, 2.24) is 9.38 Å². The van der Waals surface area contributed by atoms with Crippen molar-refractivity contribution in [1.29, 1.82) is 0 Å². The Morgan fingerprint density at radius 3 is 2.45 bits per heavy atom. The van der Waals surface area contributed by atoms with E-state index in [2.05, 4.69) is 20.9 Å². The molecule has 0 saturated heterocycles. The molecule has 2 heterocycles. The second-order valence-electron chi connectivity index (χ2n) is 4.04. The third-order valence-corrected chi connectivity index (χ3v) is 3.26. The molecular formula is C13H9BrIN3O2. The molecular weight excluding hydrogens is 437 g/mol. The maximum Gasteiger partial charge on any atom is 0.269 e. The summed E-state index contributed by atoms with van der Waals surface area (Å²) in [5.74, 6) is 0. The number of nitro groups is 1. The largest absolute Gasteiger partial charge is 0.305 e. The van der Waals surface area contributed by atoms with Crippen LogP contribution in [0.25, 0.3) is 16.9 Å². The topological polar surface area (TPSA) is 60.4 Å². The van der Waals surface area contributed by atoms with E-state index in [1.165, 1.54) is 12.1 Å². The van der Waals surface area contributed by atoms with Gasteiger partial charge in [0, 0.05) is 34.6 Å². The molecule has 3 aromatic rings. The molecule has 0 fully saturated rings. The Morgan fingerprint density at radius 2 is 1.80 bits per heavy atom. The molecule has 20 heavy (non-hydrogen) atoms. The van der Waals surface area contributed by atoms with Gasteiger partial charge in [-0.25, -0.2) is 4.98 Å². The monoisotopic (exact) mass is 445 g/mol. The fraction of sp³-hybridized carbons (Fsp3) is 0. The minimum atomic E-state index is -0.412. The molecule has 102 valence electrons. The number of hydrogen-bond donors (Lipinski definition) is 0. The van der Waals surface area contributed by atoms with Crippen LogP contribution in [0.2, 0.25) is 0 Å². The summed E-state index contributed by atoms with van der Waals surface area (Å²) in [7, 11) is 0. The summed E-state index contributed by atoms with van der Waals surface area (Å²) >= 11 is 3.40. The molecule has 3 rings (SSSR count). The highest BCUT2D eigenvalue weighted by atomic mass is 127. The average Bonchev–Trinajstić information content (AvgIpc) is 2.81. The van der Waals surface area contributed by atoms with Gasteiger partial charge in [0.15, 0.2) is 0 Å². The van der Waals surface area contributed by atoms with Gasteiger partial charge in [0.05, 0.1) is 10.6 Å². The number of fused-ring (bicyclic) bond motifs is 1. The molecule has 0 saturated carbocycles. The zero-order chi connectivity index (χ0) is 13.4. The van der Waals surface area contributed by atoms with Crippen molar-refractivity contribution in [3.8, 4) is 11.3 Å². The predicted octanol–water partition coefficient (Wildman–Crippen LogP) is 4.29. The first kappa shape index (κ1) is 14.9. The summed E-state index contributed by atoms with van der Waals surface area (Å²) in [5.41, 5.74) is 2.55. The number of benzene rings is 1. The highest BCUT2D eigenvalue weighted by molar-refractivity contribution is 14.0. The fourth-order valence-electron chi connectivity index (χ4n) is 1.86. The molecule has 0 aliphatic heterocycles. The summed E-state index contributed by atoms with van der Waals surface area (Å²) in [6, 6.07) is 10.2. The molecule has 0 aliphatic rings. The lowest BCUT2D eigenvalue weighted by atomic mass is 10.1. The molecule has 2 aromatic heterocycles. The summed E-state index contributed by atoms with van der Waals surface area (Å²) in [5, 5.41) is 10.6. The number of nitro benzene ring substituents is 1. The number of non-ortho nitro benzene ring substituents is 1. The Bertz CT molecular complexity index is 771. The number of aromatic nitrogens is 2. The number of halogens is 2. The van der Waals surface area contributed by atoms with Crippen molar-refractivity contribution in [3.63, 3.8) is 0 Å². The van der Waals surface area contributed by atoms with Crippen molar-refractivity contribution >= 4 is 51.2 Å². The van der Waals surface area contributed by atoms with E-state index in [1.807, 2.05) is 28.9 Å². The Kier molecular flexibility index (Phi) is 4.39. The van der Waals surface area contributed by atoms with Crippen LogP contribution >= 0.6 is 39.9 Å². The highest BCUT2D eigenvalue weighted by Crippen LogP contribution is 2.23. The van der Waals surface area contributed by atoms with Gasteiger partial charge in [-0.1, -0.05) is 0 Å². The van der Waals surface area contributed by atoms with Crippen LogP contribution in [-0.2, 0) is 0 Å². The second-order valence-corrected chi connectivity index (χ2v) is 4.96. The van der Waals surface area contributed by atoms with Crippen LogP contribution in [0, 0.1) is 10.1 Å². The zero-order valence-electron chi connectivity index (χ0n) is 10.1. The fourth-order valence-corrected chi connectivity index (χ4v) is 2.21. The van der Waals surface area contributed by atoms with Gasteiger partial charge >= 0.3 is 0 Å². The number of hydrogen-bond acceptors (Lipinski definition) is 3. The molecule has 7 heteroatoms. The average molecular weight is 446 g/mol. The Balaban J connectivity index is 0.00000147. The Hall–Kier alpha value is -1.48. The van der Waals surface area contributed by atoms with Crippen molar-refractivity contribution in [2.24, 2.45) is 0 Å². The molecule has 0 aliphatic carbocycles. The molecule has 0 atom stereocenters. The van der Waals surface area contributed by atoms with Gasteiger partial charge < -0.3 is 4.40 Å². The normalized spacial score (nSPS) is 10.2. The number of pyridine rings is 1.